The molecule has 0 radical (unpaired) electrons. The maximum absolute atomic E-state index is 12.1. The van der Waals surface area contributed by atoms with E-state index in [0.29, 0.717) is 11.3 Å². The zero-order valence-electron chi connectivity index (χ0n) is 10.0. The molecule has 1 N–H and O–H groups in total. The Balaban J connectivity index is 2.46. The van der Waals surface area contributed by atoms with Gasteiger partial charge in [-0.2, -0.15) is 0 Å². The third-order valence-corrected chi connectivity index (χ3v) is 3.15. The number of halogens is 1. The van der Waals surface area contributed by atoms with Crippen LogP contribution >= 0.6 is 11.6 Å². The maximum Gasteiger partial charge on any atom is 0.261 e. The Bertz CT molecular complexity index is 574. The van der Waals surface area contributed by atoms with Gasteiger partial charge in [0, 0.05) is 11.6 Å². The first kappa shape index (κ1) is 12.6. The SMILES string of the molecule is CC(C)=C1CC(=O)N(c2ccc(Cl)c(O)c2)C1=O. The standard InChI is InChI=1S/C13H12ClNO3/c1-7(2)9-6-12(17)15(13(9)18)8-3-4-10(14)11(16)5-8/h3-5,16H,6H2,1-2H3. The van der Waals surface area contributed by atoms with Gasteiger partial charge in [-0.25, -0.2) is 4.90 Å². The third kappa shape index (κ3) is 1.99. The molecule has 0 bridgehead atoms. The van der Waals surface area contributed by atoms with E-state index in [9.17, 15) is 14.7 Å². The average Bonchev–Trinajstić information content (AvgIpc) is 2.59. The predicted octanol–water partition coefficient (Wildman–Crippen LogP) is 2.65. The number of aromatic hydroxyl groups is 1. The van der Waals surface area contributed by atoms with Gasteiger partial charge in [-0.3, -0.25) is 9.59 Å². The summed E-state index contributed by atoms with van der Waals surface area (Å²) in [4.78, 5) is 25.0. The summed E-state index contributed by atoms with van der Waals surface area (Å²) in [5, 5.41) is 9.70. The lowest BCUT2D eigenvalue weighted by atomic mass is 10.1. The summed E-state index contributed by atoms with van der Waals surface area (Å²) < 4.78 is 0. The van der Waals surface area contributed by atoms with Gasteiger partial charge >= 0.3 is 0 Å². The highest BCUT2D eigenvalue weighted by Crippen LogP contribution is 2.32. The van der Waals surface area contributed by atoms with Gasteiger partial charge in [0.1, 0.15) is 5.75 Å². The fraction of sp³-hybridized carbons (Fsp3) is 0.231. The second-order valence-electron chi connectivity index (χ2n) is 4.33. The van der Waals surface area contributed by atoms with Crippen LogP contribution in [0.4, 0.5) is 5.69 Å². The topological polar surface area (TPSA) is 57.6 Å². The Morgan fingerprint density at radius 1 is 1.33 bits per heavy atom. The number of carbonyl (C=O) groups is 2. The Morgan fingerprint density at radius 3 is 2.50 bits per heavy atom. The number of amides is 2. The summed E-state index contributed by atoms with van der Waals surface area (Å²) in [5.41, 5.74) is 1.67. The number of hydrogen-bond donors (Lipinski definition) is 1. The van der Waals surface area contributed by atoms with E-state index < -0.39 is 0 Å². The molecule has 1 aliphatic rings. The van der Waals surface area contributed by atoms with Gasteiger partial charge in [-0.15, -0.1) is 0 Å². The van der Waals surface area contributed by atoms with Crippen molar-refractivity contribution in [1.29, 1.82) is 0 Å². The molecule has 1 fully saturated rings. The second kappa shape index (κ2) is 4.46. The number of hydrogen-bond acceptors (Lipinski definition) is 3. The van der Waals surface area contributed by atoms with Crippen molar-refractivity contribution in [2.75, 3.05) is 4.90 Å². The van der Waals surface area contributed by atoms with Crippen LogP contribution in [0.2, 0.25) is 5.02 Å². The lowest BCUT2D eigenvalue weighted by molar-refractivity contribution is -0.120. The number of benzene rings is 1. The molecule has 0 aromatic heterocycles. The first-order valence-corrected chi connectivity index (χ1v) is 5.81. The highest BCUT2D eigenvalue weighted by molar-refractivity contribution is 6.32. The lowest BCUT2D eigenvalue weighted by Crippen LogP contribution is -2.28. The van der Waals surface area contributed by atoms with Crippen molar-refractivity contribution in [2.45, 2.75) is 20.3 Å². The summed E-state index contributed by atoms with van der Waals surface area (Å²) in [6.07, 6.45) is 0.102. The summed E-state index contributed by atoms with van der Waals surface area (Å²) in [6.45, 7) is 3.59. The van der Waals surface area contributed by atoms with Crippen LogP contribution in [-0.2, 0) is 9.59 Å². The summed E-state index contributed by atoms with van der Waals surface area (Å²) >= 11 is 5.69. The number of anilines is 1. The van der Waals surface area contributed by atoms with Crippen molar-refractivity contribution in [3.8, 4) is 5.75 Å². The first-order chi connectivity index (χ1) is 8.41. The quantitative estimate of drug-likeness (QED) is 0.627. The minimum atomic E-state index is -0.332. The molecule has 1 aromatic rings. The van der Waals surface area contributed by atoms with Gasteiger partial charge in [0.15, 0.2) is 0 Å². The normalized spacial score (nSPS) is 15.5. The van der Waals surface area contributed by atoms with E-state index >= 15 is 0 Å². The fourth-order valence-electron chi connectivity index (χ4n) is 1.85. The van der Waals surface area contributed by atoms with Crippen LogP contribution in [0, 0.1) is 0 Å². The molecule has 5 heteroatoms. The molecule has 0 aliphatic carbocycles. The van der Waals surface area contributed by atoms with E-state index in [2.05, 4.69) is 0 Å². The molecule has 2 amide bonds. The van der Waals surface area contributed by atoms with Crippen LogP contribution < -0.4 is 4.90 Å². The molecular formula is C13H12ClNO3. The Kier molecular flexibility index (Phi) is 3.13. The molecule has 0 spiro atoms. The minimum Gasteiger partial charge on any atom is -0.506 e. The zero-order chi connectivity index (χ0) is 13.4. The number of phenols is 1. The highest BCUT2D eigenvalue weighted by Gasteiger charge is 2.35. The van der Waals surface area contributed by atoms with Gasteiger partial charge < -0.3 is 5.11 Å². The van der Waals surface area contributed by atoms with Crippen molar-refractivity contribution in [3.05, 3.63) is 34.4 Å². The molecule has 94 valence electrons. The molecule has 1 aliphatic heterocycles. The van der Waals surface area contributed by atoms with Gasteiger partial charge in [0.2, 0.25) is 5.91 Å². The van der Waals surface area contributed by atoms with E-state index in [4.69, 9.17) is 11.6 Å². The largest absolute Gasteiger partial charge is 0.506 e. The van der Waals surface area contributed by atoms with E-state index in [1.165, 1.54) is 18.2 Å². The Labute approximate surface area is 109 Å². The summed E-state index contributed by atoms with van der Waals surface area (Å²) in [6, 6.07) is 4.30. The maximum atomic E-state index is 12.1. The van der Waals surface area contributed by atoms with Crippen molar-refractivity contribution in [2.24, 2.45) is 0 Å². The van der Waals surface area contributed by atoms with Crippen LogP contribution in [0.25, 0.3) is 0 Å². The van der Waals surface area contributed by atoms with E-state index in [0.717, 1.165) is 10.5 Å². The number of allylic oxidation sites excluding steroid dienone is 1. The average molecular weight is 266 g/mol. The van der Waals surface area contributed by atoms with E-state index in [1.807, 2.05) is 0 Å². The molecule has 1 aromatic carbocycles. The van der Waals surface area contributed by atoms with Crippen molar-refractivity contribution < 1.29 is 14.7 Å². The summed E-state index contributed by atoms with van der Waals surface area (Å²) in [7, 11) is 0. The first-order valence-electron chi connectivity index (χ1n) is 5.44. The molecule has 0 unspecified atom stereocenters. The monoisotopic (exact) mass is 265 g/mol. The molecule has 4 nitrogen and oxygen atoms in total. The summed E-state index contributed by atoms with van der Waals surface area (Å²) in [5.74, 6) is -0.778. The number of nitrogens with zero attached hydrogens (tertiary/aromatic N) is 1. The van der Waals surface area contributed by atoms with Crippen LogP contribution in [0.15, 0.2) is 29.3 Å². The zero-order valence-corrected chi connectivity index (χ0v) is 10.8. The molecule has 1 saturated heterocycles. The minimum absolute atomic E-state index is 0.102. The molecular weight excluding hydrogens is 254 g/mol. The van der Waals surface area contributed by atoms with Crippen LogP contribution in [0.5, 0.6) is 5.75 Å². The number of phenolic OH excluding ortho intramolecular Hbond substituents is 1. The van der Waals surface area contributed by atoms with Crippen LogP contribution in [-0.4, -0.2) is 16.9 Å². The number of rotatable bonds is 1. The molecule has 0 atom stereocenters. The third-order valence-electron chi connectivity index (χ3n) is 2.83. The van der Waals surface area contributed by atoms with Crippen LogP contribution in [0.1, 0.15) is 20.3 Å². The van der Waals surface area contributed by atoms with Gasteiger partial charge in [0.05, 0.1) is 17.1 Å². The van der Waals surface area contributed by atoms with Gasteiger partial charge in [-0.05, 0) is 26.0 Å². The van der Waals surface area contributed by atoms with E-state index in [1.54, 1.807) is 13.8 Å². The van der Waals surface area contributed by atoms with E-state index in [-0.39, 0.29) is 29.0 Å². The molecule has 18 heavy (non-hydrogen) atoms. The molecule has 1 heterocycles. The highest BCUT2D eigenvalue weighted by atomic mass is 35.5. The Morgan fingerprint density at radius 2 is 2.00 bits per heavy atom. The van der Waals surface area contributed by atoms with Crippen molar-refractivity contribution in [1.82, 2.24) is 0 Å². The molecule has 2 rings (SSSR count). The fourth-order valence-corrected chi connectivity index (χ4v) is 1.96. The van der Waals surface area contributed by atoms with Crippen molar-refractivity contribution in [3.63, 3.8) is 0 Å². The Hall–Kier alpha value is -1.81. The number of imide groups is 1. The lowest BCUT2D eigenvalue weighted by Gasteiger charge is -2.14. The second-order valence-corrected chi connectivity index (χ2v) is 4.73. The smallest absolute Gasteiger partial charge is 0.261 e. The van der Waals surface area contributed by atoms with Crippen LogP contribution in [0.3, 0.4) is 0 Å². The van der Waals surface area contributed by atoms with Gasteiger partial charge in [0.25, 0.3) is 5.91 Å². The molecule has 0 saturated carbocycles. The number of carbonyl (C=O) groups excluding carboxylic acids is 2. The van der Waals surface area contributed by atoms with Gasteiger partial charge in [-0.1, -0.05) is 17.2 Å². The predicted molar refractivity (Wildman–Crippen MR) is 68.6 cm³/mol. The van der Waals surface area contributed by atoms with Crippen molar-refractivity contribution >= 4 is 29.1 Å².